The summed E-state index contributed by atoms with van der Waals surface area (Å²) in [6, 6.07) is 12.4. The third-order valence-electron chi connectivity index (χ3n) is 4.63. The SMILES string of the molecule is Fc1ccc(Cn2nnnc2[C@H](c2cccc(F)c2)N2CCOCC2)cc1. The summed E-state index contributed by atoms with van der Waals surface area (Å²) < 4.78 is 34.2. The molecule has 1 aromatic heterocycles. The molecule has 0 N–H and O–H groups in total. The molecule has 27 heavy (non-hydrogen) atoms. The van der Waals surface area contributed by atoms with Crippen molar-refractivity contribution in [2.75, 3.05) is 26.3 Å². The molecule has 0 spiro atoms. The third kappa shape index (κ3) is 4.01. The number of hydrogen-bond acceptors (Lipinski definition) is 5. The number of tetrazole rings is 1. The molecule has 1 atom stereocenters. The van der Waals surface area contributed by atoms with Gasteiger partial charge in [-0.15, -0.1) is 5.10 Å². The van der Waals surface area contributed by atoms with Crippen molar-refractivity contribution in [3.8, 4) is 0 Å². The monoisotopic (exact) mass is 371 g/mol. The molecular weight excluding hydrogens is 352 g/mol. The van der Waals surface area contributed by atoms with Crippen LogP contribution < -0.4 is 0 Å². The van der Waals surface area contributed by atoms with Crippen LogP contribution in [0.25, 0.3) is 0 Å². The Kier molecular flexibility index (Phi) is 5.17. The van der Waals surface area contributed by atoms with Crippen molar-refractivity contribution in [3.05, 3.63) is 77.1 Å². The van der Waals surface area contributed by atoms with Crippen LogP contribution in [0.1, 0.15) is 23.0 Å². The lowest BCUT2D eigenvalue weighted by Gasteiger charge is -2.33. The number of aromatic nitrogens is 4. The van der Waals surface area contributed by atoms with Gasteiger partial charge in [0.15, 0.2) is 5.82 Å². The number of hydrogen-bond donors (Lipinski definition) is 0. The second kappa shape index (κ2) is 7.89. The quantitative estimate of drug-likeness (QED) is 0.690. The van der Waals surface area contributed by atoms with Crippen LogP contribution in [0.5, 0.6) is 0 Å². The molecule has 0 bridgehead atoms. The van der Waals surface area contributed by atoms with E-state index in [-0.39, 0.29) is 17.7 Å². The molecule has 2 aromatic carbocycles. The second-order valence-electron chi connectivity index (χ2n) is 6.43. The maximum absolute atomic E-state index is 13.9. The summed E-state index contributed by atoms with van der Waals surface area (Å²) in [7, 11) is 0. The van der Waals surface area contributed by atoms with Crippen molar-refractivity contribution in [2.45, 2.75) is 12.6 Å². The van der Waals surface area contributed by atoms with Crippen molar-refractivity contribution in [3.63, 3.8) is 0 Å². The molecule has 0 radical (unpaired) electrons. The van der Waals surface area contributed by atoms with Gasteiger partial charge in [0.1, 0.15) is 11.6 Å². The van der Waals surface area contributed by atoms with Crippen LogP contribution in [0.4, 0.5) is 8.78 Å². The Hall–Kier alpha value is -2.71. The van der Waals surface area contributed by atoms with Crippen LogP contribution in [0.15, 0.2) is 48.5 Å². The Morgan fingerprint density at radius 3 is 2.52 bits per heavy atom. The first-order valence-electron chi connectivity index (χ1n) is 8.78. The Morgan fingerprint density at radius 2 is 1.78 bits per heavy atom. The van der Waals surface area contributed by atoms with Gasteiger partial charge >= 0.3 is 0 Å². The summed E-state index contributed by atoms with van der Waals surface area (Å²) in [6.45, 7) is 3.00. The lowest BCUT2D eigenvalue weighted by Crippen LogP contribution is -2.40. The largest absolute Gasteiger partial charge is 0.379 e. The molecule has 1 aliphatic rings. The van der Waals surface area contributed by atoms with Gasteiger partial charge in [-0.2, -0.15) is 0 Å². The van der Waals surface area contributed by atoms with E-state index in [9.17, 15) is 8.78 Å². The van der Waals surface area contributed by atoms with Gasteiger partial charge in [0, 0.05) is 13.1 Å². The lowest BCUT2D eigenvalue weighted by atomic mass is 10.0. The highest BCUT2D eigenvalue weighted by molar-refractivity contribution is 5.26. The highest BCUT2D eigenvalue weighted by atomic mass is 19.1. The van der Waals surface area contributed by atoms with E-state index < -0.39 is 0 Å². The van der Waals surface area contributed by atoms with Crippen LogP contribution in [-0.2, 0) is 11.3 Å². The second-order valence-corrected chi connectivity index (χ2v) is 6.43. The minimum Gasteiger partial charge on any atom is -0.379 e. The molecule has 4 rings (SSSR count). The minimum atomic E-state index is -0.302. The first-order valence-corrected chi connectivity index (χ1v) is 8.78. The summed E-state index contributed by atoms with van der Waals surface area (Å²) in [5.74, 6) is 0.0248. The van der Waals surface area contributed by atoms with E-state index in [4.69, 9.17) is 4.74 Å². The summed E-state index contributed by atoms with van der Waals surface area (Å²) in [6.07, 6.45) is 0. The zero-order chi connectivity index (χ0) is 18.6. The van der Waals surface area contributed by atoms with Crippen LogP contribution in [0.3, 0.4) is 0 Å². The Labute approximate surface area is 155 Å². The third-order valence-corrected chi connectivity index (χ3v) is 4.63. The number of benzene rings is 2. The van der Waals surface area contributed by atoms with Crippen LogP contribution >= 0.6 is 0 Å². The molecule has 0 aliphatic carbocycles. The first kappa shape index (κ1) is 17.7. The molecular formula is C19H19F2N5O. The van der Waals surface area contributed by atoms with E-state index in [0.717, 1.165) is 11.1 Å². The number of nitrogens with zero attached hydrogens (tertiary/aromatic N) is 5. The summed E-state index contributed by atoms with van der Waals surface area (Å²) in [5.41, 5.74) is 1.66. The van der Waals surface area contributed by atoms with Crippen LogP contribution in [-0.4, -0.2) is 51.4 Å². The predicted molar refractivity (Wildman–Crippen MR) is 94.0 cm³/mol. The Morgan fingerprint density at radius 1 is 1.00 bits per heavy atom. The smallest absolute Gasteiger partial charge is 0.173 e. The van der Waals surface area contributed by atoms with Crippen molar-refractivity contribution in [2.24, 2.45) is 0 Å². The highest BCUT2D eigenvalue weighted by Gasteiger charge is 2.29. The number of morpholine rings is 1. The number of halogens is 2. The van der Waals surface area contributed by atoms with E-state index in [2.05, 4.69) is 20.4 Å². The molecule has 8 heteroatoms. The fourth-order valence-corrected chi connectivity index (χ4v) is 3.32. The number of ether oxygens (including phenoxy) is 1. The van der Waals surface area contributed by atoms with Crippen LogP contribution in [0, 0.1) is 11.6 Å². The molecule has 0 saturated carbocycles. The lowest BCUT2D eigenvalue weighted by molar-refractivity contribution is 0.0216. The van der Waals surface area contributed by atoms with E-state index in [1.165, 1.54) is 24.3 Å². The van der Waals surface area contributed by atoms with Crippen molar-refractivity contribution in [1.29, 1.82) is 0 Å². The molecule has 0 unspecified atom stereocenters. The van der Waals surface area contributed by atoms with Gasteiger partial charge in [-0.25, -0.2) is 13.5 Å². The molecule has 3 aromatic rings. The molecule has 1 fully saturated rings. The Bertz CT molecular complexity index is 893. The molecule has 140 valence electrons. The fraction of sp³-hybridized carbons (Fsp3) is 0.316. The average molecular weight is 371 g/mol. The summed E-state index contributed by atoms with van der Waals surface area (Å²) >= 11 is 0. The first-order chi connectivity index (χ1) is 13.2. The highest BCUT2D eigenvalue weighted by Crippen LogP contribution is 2.28. The van der Waals surface area contributed by atoms with Gasteiger partial charge in [0.2, 0.25) is 0 Å². The standard InChI is InChI=1S/C19H19F2N5O/c20-16-6-4-14(5-7-16)13-26-19(22-23-24-26)18(25-8-10-27-11-9-25)15-2-1-3-17(21)12-15/h1-7,12,18H,8-11,13H2/t18-/m0/s1. The van der Waals surface area contributed by atoms with Gasteiger partial charge in [-0.1, -0.05) is 24.3 Å². The van der Waals surface area contributed by atoms with Gasteiger partial charge in [0.25, 0.3) is 0 Å². The predicted octanol–water partition coefficient (Wildman–Crippen LogP) is 2.42. The molecule has 1 aliphatic heterocycles. The maximum atomic E-state index is 13.9. The van der Waals surface area contributed by atoms with E-state index >= 15 is 0 Å². The van der Waals surface area contributed by atoms with Crippen molar-refractivity contribution in [1.82, 2.24) is 25.1 Å². The molecule has 0 amide bonds. The topological polar surface area (TPSA) is 56.1 Å². The summed E-state index contributed by atoms with van der Waals surface area (Å²) in [5, 5.41) is 12.2. The minimum absolute atomic E-state index is 0.290. The zero-order valence-electron chi connectivity index (χ0n) is 14.6. The van der Waals surface area contributed by atoms with Crippen LogP contribution in [0.2, 0.25) is 0 Å². The fourth-order valence-electron chi connectivity index (χ4n) is 3.32. The van der Waals surface area contributed by atoms with Crippen molar-refractivity contribution >= 4 is 0 Å². The molecule has 6 nitrogen and oxygen atoms in total. The van der Waals surface area contributed by atoms with Gasteiger partial charge < -0.3 is 4.74 Å². The van der Waals surface area contributed by atoms with Gasteiger partial charge in [-0.3, -0.25) is 4.90 Å². The van der Waals surface area contributed by atoms with E-state index in [1.54, 1.807) is 22.9 Å². The zero-order valence-corrected chi connectivity index (χ0v) is 14.6. The average Bonchev–Trinajstić information content (AvgIpc) is 3.13. The maximum Gasteiger partial charge on any atom is 0.173 e. The number of rotatable bonds is 5. The molecule has 1 saturated heterocycles. The molecule has 2 heterocycles. The van der Waals surface area contributed by atoms with Crippen molar-refractivity contribution < 1.29 is 13.5 Å². The normalized spacial score (nSPS) is 16.4. The van der Waals surface area contributed by atoms with E-state index in [0.29, 0.717) is 38.7 Å². The Balaban J connectivity index is 1.70. The van der Waals surface area contributed by atoms with E-state index in [1.807, 2.05) is 6.07 Å². The summed E-state index contributed by atoms with van der Waals surface area (Å²) in [4.78, 5) is 2.19. The van der Waals surface area contributed by atoms with Gasteiger partial charge in [0.05, 0.1) is 25.8 Å². The van der Waals surface area contributed by atoms with Gasteiger partial charge in [-0.05, 0) is 45.8 Å².